The number of aromatic nitrogens is 2. The number of carbonyl (C=O) groups excluding carboxylic acids is 2. The van der Waals surface area contributed by atoms with Crippen molar-refractivity contribution in [1.82, 2.24) is 15.3 Å². The maximum absolute atomic E-state index is 13.9. The maximum Gasteiger partial charge on any atom is 0.412 e. The van der Waals surface area contributed by atoms with E-state index < -0.39 is 29.9 Å². The van der Waals surface area contributed by atoms with Gasteiger partial charge in [0.25, 0.3) is 5.91 Å². The van der Waals surface area contributed by atoms with E-state index in [1.54, 1.807) is 24.3 Å². The zero-order valence-electron chi connectivity index (χ0n) is 24.0. The lowest BCUT2D eigenvalue weighted by molar-refractivity contribution is -0.155. The molecule has 0 aliphatic carbocycles. The average Bonchev–Trinajstić information content (AvgIpc) is 3.57. The fourth-order valence-electron chi connectivity index (χ4n) is 5.58. The molecule has 2 bridgehead atoms. The Morgan fingerprint density at radius 2 is 1.95 bits per heavy atom. The number of ether oxygens (including phenoxy) is 3. The van der Waals surface area contributed by atoms with Crippen LogP contribution < -0.4 is 25.2 Å². The summed E-state index contributed by atoms with van der Waals surface area (Å²) in [5.74, 6) is -0.824. The molecule has 2 fully saturated rings. The summed E-state index contributed by atoms with van der Waals surface area (Å²) in [6, 6.07) is 10.3. The van der Waals surface area contributed by atoms with Crippen LogP contribution in [0.15, 0.2) is 60.8 Å². The number of anilines is 3. The molecule has 232 valence electrons. The summed E-state index contributed by atoms with van der Waals surface area (Å²) < 4.78 is 58.8. The number of alkyl halides is 3. The van der Waals surface area contributed by atoms with E-state index >= 15 is 0 Å². The van der Waals surface area contributed by atoms with E-state index in [4.69, 9.17) is 14.2 Å². The van der Waals surface area contributed by atoms with E-state index in [-0.39, 0.29) is 41.6 Å². The van der Waals surface area contributed by atoms with Gasteiger partial charge in [0, 0.05) is 25.4 Å². The van der Waals surface area contributed by atoms with Gasteiger partial charge in [0.1, 0.15) is 30.0 Å². The molecule has 2 saturated heterocycles. The first kappa shape index (κ1) is 29.6. The molecule has 0 saturated carbocycles. The first-order valence-corrected chi connectivity index (χ1v) is 14.2. The molecule has 11 nitrogen and oxygen atoms in total. The minimum atomic E-state index is -4.73. The molecule has 44 heavy (non-hydrogen) atoms. The van der Waals surface area contributed by atoms with Gasteiger partial charge in [-0.2, -0.15) is 13.2 Å². The number of nitrogens with one attached hydrogen (secondary N) is 2. The summed E-state index contributed by atoms with van der Waals surface area (Å²) in [5.41, 5.74) is 0.250. The lowest BCUT2D eigenvalue weighted by Gasteiger charge is -2.35. The summed E-state index contributed by atoms with van der Waals surface area (Å²) >= 11 is 0. The third-order valence-corrected chi connectivity index (χ3v) is 7.61. The minimum Gasteiger partial charge on any atom is -0.491 e. The van der Waals surface area contributed by atoms with Gasteiger partial charge in [-0.3, -0.25) is 15.0 Å². The molecule has 3 aromatic rings. The topological polar surface area (TPSA) is 118 Å². The molecule has 2 aromatic heterocycles. The number of halogens is 3. The van der Waals surface area contributed by atoms with Crippen molar-refractivity contribution < 1.29 is 37.0 Å². The molecule has 0 radical (unpaired) electrons. The molecule has 6 rings (SSSR count). The SMILES string of the molecule is CC1(C)OC[C@H](COc2ccnc(NC(=O)N3c4nc(C(=O)N[C@H](c5ccccc5)C(F)(F)F)ccc4N4CCC3C4)c2)O1. The molecule has 5 heterocycles. The Morgan fingerprint density at radius 1 is 1.16 bits per heavy atom. The first-order chi connectivity index (χ1) is 21.0. The molecule has 1 aromatic carbocycles. The van der Waals surface area contributed by atoms with Crippen LogP contribution in [0.25, 0.3) is 0 Å². The lowest BCUT2D eigenvalue weighted by Crippen LogP contribution is -2.48. The van der Waals surface area contributed by atoms with Crippen molar-refractivity contribution in [3.8, 4) is 5.75 Å². The van der Waals surface area contributed by atoms with Gasteiger partial charge in [-0.25, -0.2) is 14.8 Å². The van der Waals surface area contributed by atoms with Crippen molar-refractivity contribution in [2.75, 3.05) is 41.4 Å². The normalized spacial score (nSPS) is 21.0. The summed E-state index contributed by atoms with van der Waals surface area (Å²) in [7, 11) is 0. The van der Waals surface area contributed by atoms with Crippen LogP contribution in [0, 0.1) is 0 Å². The van der Waals surface area contributed by atoms with Crippen LogP contribution >= 0.6 is 0 Å². The lowest BCUT2D eigenvalue weighted by atomic mass is 10.1. The Kier molecular flexibility index (Phi) is 7.80. The molecule has 14 heteroatoms. The molecule has 0 spiro atoms. The smallest absolute Gasteiger partial charge is 0.412 e. The van der Waals surface area contributed by atoms with Gasteiger partial charge in [-0.15, -0.1) is 0 Å². The van der Waals surface area contributed by atoms with Gasteiger partial charge < -0.3 is 24.4 Å². The fourth-order valence-corrected chi connectivity index (χ4v) is 5.58. The summed E-state index contributed by atoms with van der Waals surface area (Å²) in [6.45, 7) is 5.49. The average molecular weight is 613 g/mol. The molecule has 1 unspecified atom stereocenters. The molecule has 3 aliphatic heterocycles. The van der Waals surface area contributed by atoms with Crippen molar-refractivity contribution in [1.29, 1.82) is 0 Å². The molecule has 3 amide bonds. The number of rotatable bonds is 7. The highest BCUT2D eigenvalue weighted by atomic mass is 19.4. The number of hydrogen-bond donors (Lipinski definition) is 2. The van der Waals surface area contributed by atoms with E-state index in [2.05, 4.69) is 20.6 Å². The van der Waals surface area contributed by atoms with Gasteiger partial charge in [0.15, 0.2) is 17.6 Å². The number of benzene rings is 1. The summed E-state index contributed by atoms with van der Waals surface area (Å²) in [5, 5.41) is 4.83. The minimum absolute atomic E-state index is 0.108. The van der Waals surface area contributed by atoms with Crippen LogP contribution in [-0.4, -0.2) is 72.3 Å². The predicted molar refractivity (Wildman–Crippen MR) is 154 cm³/mol. The monoisotopic (exact) mass is 612 g/mol. The van der Waals surface area contributed by atoms with Crippen LogP contribution in [0.3, 0.4) is 0 Å². The van der Waals surface area contributed by atoms with E-state index in [0.717, 1.165) is 0 Å². The predicted octanol–water partition coefficient (Wildman–Crippen LogP) is 4.67. The van der Waals surface area contributed by atoms with Crippen molar-refractivity contribution in [3.63, 3.8) is 0 Å². The Labute approximate surface area is 251 Å². The number of pyridine rings is 2. The van der Waals surface area contributed by atoms with Gasteiger partial charge in [0.05, 0.1) is 18.3 Å². The van der Waals surface area contributed by atoms with Crippen LogP contribution in [0.4, 0.5) is 35.3 Å². The van der Waals surface area contributed by atoms with Crippen LogP contribution in [0.5, 0.6) is 5.75 Å². The second-order valence-corrected chi connectivity index (χ2v) is 11.2. The molecular formula is C30H31F3N6O5. The number of amides is 3. The Balaban J connectivity index is 1.19. The first-order valence-electron chi connectivity index (χ1n) is 14.2. The zero-order chi connectivity index (χ0) is 31.1. The van der Waals surface area contributed by atoms with Crippen molar-refractivity contribution in [2.24, 2.45) is 0 Å². The molecule has 3 atom stereocenters. The number of carbonyl (C=O) groups is 2. The zero-order valence-corrected chi connectivity index (χ0v) is 24.0. The Bertz CT molecular complexity index is 1540. The van der Waals surface area contributed by atoms with Gasteiger partial charge >= 0.3 is 12.2 Å². The van der Waals surface area contributed by atoms with Crippen LogP contribution in [0.2, 0.25) is 0 Å². The van der Waals surface area contributed by atoms with E-state index in [0.29, 0.717) is 37.6 Å². The molecular weight excluding hydrogens is 581 g/mol. The van der Waals surface area contributed by atoms with E-state index in [1.165, 1.54) is 41.4 Å². The number of fused-ring (bicyclic) bond motifs is 4. The van der Waals surface area contributed by atoms with Crippen LogP contribution in [0.1, 0.15) is 42.4 Å². The standard InChI is InChI=1S/C30H31F3N6O5/c1-29(2)43-17-21(44-29)16-42-20-10-12-34-24(14-20)36-28(41)39-19-11-13-38(15-19)23-9-8-22(35-26(23)39)27(40)37-25(30(31,32)33)18-6-4-3-5-7-18/h3-10,12,14,19,21,25H,11,13,15-17H2,1-2H3,(H,37,40)(H,34,36,41)/t19?,21-,25+/m0/s1. The fraction of sp³-hybridized carbons (Fsp3) is 0.400. The highest BCUT2D eigenvalue weighted by molar-refractivity contribution is 6.05. The highest BCUT2D eigenvalue weighted by Gasteiger charge is 2.43. The summed E-state index contributed by atoms with van der Waals surface area (Å²) in [4.78, 5) is 38.8. The Hall–Kier alpha value is -4.43. The Morgan fingerprint density at radius 3 is 2.68 bits per heavy atom. The number of urea groups is 1. The third kappa shape index (κ3) is 6.26. The third-order valence-electron chi connectivity index (χ3n) is 7.61. The molecule has 2 N–H and O–H groups in total. The molecule has 3 aliphatic rings. The summed E-state index contributed by atoms with van der Waals surface area (Å²) in [6.07, 6.45) is -2.84. The van der Waals surface area contributed by atoms with E-state index in [1.807, 2.05) is 18.7 Å². The van der Waals surface area contributed by atoms with Crippen LogP contribution in [-0.2, 0) is 9.47 Å². The highest BCUT2D eigenvalue weighted by Crippen LogP contribution is 2.39. The van der Waals surface area contributed by atoms with Gasteiger partial charge in [-0.05, 0) is 44.0 Å². The maximum atomic E-state index is 13.9. The van der Waals surface area contributed by atoms with E-state index in [9.17, 15) is 22.8 Å². The van der Waals surface area contributed by atoms with Gasteiger partial charge in [0.2, 0.25) is 0 Å². The quantitative estimate of drug-likeness (QED) is 0.396. The largest absolute Gasteiger partial charge is 0.491 e. The second kappa shape index (κ2) is 11.6. The number of hydrogen-bond acceptors (Lipinski definition) is 8. The number of nitrogens with zero attached hydrogens (tertiary/aromatic N) is 4. The van der Waals surface area contributed by atoms with Crippen molar-refractivity contribution in [3.05, 3.63) is 72.1 Å². The second-order valence-electron chi connectivity index (χ2n) is 11.2. The van der Waals surface area contributed by atoms with Gasteiger partial charge in [-0.1, -0.05) is 30.3 Å². The van der Waals surface area contributed by atoms with Crippen molar-refractivity contribution >= 4 is 29.3 Å². The van der Waals surface area contributed by atoms with Crippen molar-refractivity contribution in [2.45, 2.75) is 50.4 Å².